The Hall–Kier alpha value is -0.570. The molecule has 3 nitrogen and oxygen atoms in total. The Labute approximate surface area is 98.6 Å². The summed E-state index contributed by atoms with van der Waals surface area (Å²) >= 11 is 0. The van der Waals surface area contributed by atoms with Crippen LogP contribution in [0.15, 0.2) is 0 Å². The van der Waals surface area contributed by atoms with Gasteiger partial charge in [-0.1, -0.05) is 19.8 Å². The number of carboxylic acids is 1. The van der Waals surface area contributed by atoms with Crippen LogP contribution in [0.5, 0.6) is 0 Å². The minimum absolute atomic E-state index is 0.439. The van der Waals surface area contributed by atoms with Gasteiger partial charge in [-0.15, -0.1) is 0 Å². The van der Waals surface area contributed by atoms with Gasteiger partial charge in [-0.05, 0) is 38.5 Å². The first-order chi connectivity index (χ1) is 7.42. The average Bonchev–Trinajstić information content (AvgIpc) is 2.67. The number of hydrogen-bond acceptors (Lipinski definition) is 2. The maximum absolute atomic E-state index is 11.0. The molecule has 0 saturated heterocycles. The molecular formula is C13H25NO2. The van der Waals surface area contributed by atoms with Crippen LogP contribution in [0.3, 0.4) is 0 Å². The Morgan fingerprint density at radius 3 is 2.38 bits per heavy atom. The van der Waals surface area contributed by atoms with E-state index >= 15 is 0 Å². The normalized spacial score (nSPS) is 19.9. The lowest BCUT2D eigenvalue weighted by molar-refractivity contribution is -0.146. The van der Waals surface area contributed by atoms with Crippen molar-refractivity contribution < 1.29 is 9.90 Å². The molecule has 0 aromatic rings. The maximum atomic E-state index is 11.0. The first-order valence-corrected chi connectivity index (χ1v) is 6.36. The molecule has 0 aromatic carbocycles. The van der Waals surface area contributed by atoms with Gasteiger partial charge in [0.2, 0.25) is 0 Å². The maximum Gasteiger partial charge on any atom is 0.310 e. The average molecular weight is 227 g/mol. The Morgan fingerprint density at radius 2 is 1.94 bits per heavy atom. The number of hydrogen-bond donors (Lipinski definition) is 2. The van der Waals surface area contributed by atoms with Crippen LogP contribution in [0.2, 0.25) is 0 Å². The van der Waals surface area contributed by atoms with Gasteiger partial charge in [-0.3, -0.25) is 4.79 Å². The minimum atomic E-state index is -0.725. The largest absolute Gasteiger partial charge is 0.481 e. The Bertz CT molecular complexity index is 242. The molecule has 0 heterocycles. The number of aliphatic carboxylic acids is 1. The molecule has 1 rings (SSSR count). The third-order valence-corrected chi connectivity index (χ3v) is 4.06. The zero-order valence-electron chi connectivity index (χ0n) is 10.8. The van der Waals surface area contributed by atoms with Crippen LogP contribution in [0.1, 0.15) is 52.9 Å². The van der Waals surface area contributed by atoms with E-state index < -0.39 is 11.4 Å². The fourth-order valence-electron chi connectivity index (χ4n) is 2.50. The van der Waals surface area contributed by atoms with E-state index in [1.165, 1.54) is 32.1 Å². The van der Waals surface area contributed by atoms with Crippen LogP contribution in [-0.4, -0.2) is 24.2 Å². The standard InChI is InChI=1S/C13H25NO2/c1-4-13(7-5-6-8-13)10-14-9-12(2,3)11(15)16/h14H,4-10H2,1-3H3,(H,15,16). The summed E-state index contributed by atoms with van der Waals surface area (Å²) in [6.45, 7) is 7.32. The van der Waals surface area contributed by atoms with E-state index in [2.05, 4.69) is 12.2 Å². The summed E-state index contributed by atoms with van der Waals surface area (Å²) in [5, 5.41) is 12.4. The number of nitrogens with one attached hydrogen (secondary N) is 1. The molecule has 1 aliphatic rings. The van der Waals surface area contributed by atoms with Crippen molar-refractivity contribution in [1.82, 2.24) is 5.32 Å². The summed E-state index contributed by atoms with van der Waals surface area (Å²) in [7, 11) is 0. The van der Waals surface area contributed by atoms with Crippen molar-refractivity contribution in [1.29, 1.82) is 0 Å². The second-order valence-electron chi connectivity index (χ2n) is 5.85. The molecule has 0 bridgehead atoms. The fraction of sp³-hybridized carbons (Fsp3) is 0.923. The minimum Gasteiger partial charge on any atom is -0.481 e. The monoisotopic (exact) mass is 227 g/mol. The van der Waals surface area contributed by atoms with E-state index in [0.717, 1.165) is 6.54 Å². The van der Waals surface area contributed by atoms with E-state index in [4.69, 9.17) is 5.11 Å². The molecule has 0 aliphatic heterocycles. The molecule has 16 heavy (non-hydrogen) atoms. The number of carbonyl (C=O) groups is 1. The molecule has 0 atom stereocenters. The summed E-state index contributed by atoms with van der Waals surface area (Å²) in [6.07, 6.45) is 6.46. The van der Waals surface area contributed by atoms with Gasteiger partial charge in [0.25, 0.3) is 0 Å². The van der Waals surface area contributed by atoms with E-state index in [-0.39, 0.29) is 0 Å². The Morgan fingerprint density at radius 1 is 1.38 bits per heavy atom. The van der Waals surface area contributed by atoms with Gasteiger partial charge in [-0.25, -0.2) is 0 Å². The highest BCUT2D eigenvalue weighted by Crippen LogP contribution is 2.40. The molecular weight excluding hydrogens is 202 g/mol. The summed E-state index contributed by atoms with van der Waals surface area (Å²) < 4.78 is 0. The van der Waals surface area contributed by atoms with Crippen molar-refractivity contribution in [3.8, 4) is 0 Å². The van der Waals surface area contributed by atoms with Crippen molar-refractivity contribution >= 4 is 5.97 Å². The Kier molecular flexibility index (Phi) is 4.36. The first-order valence-electron chi connectivity index (χ1n) is 6.36. The van der Waals surface area contributed by atoms with Gasteiger partial charge in [0, 0.05) is 13.1 Å². The lowest BCUT2D eigenvalue weighted by Gasteiger charge is -2.30. The van der Waals surface area contributed by atoms with E-state index in [9.17, 15) is 4.79 Å². The van der Waals surface area contributed by atoms with Crippen LogP contribution in [0, 0.1) is 10.8 Å². The topological polar surface area (TPSA) is 49.3 Å². The lowest BCUT2D eigenvalue weighted by atomic mass is 9.83. The molecule has 1 aliphatic carbocycles. The summed E-state index contributed by atoms with van der Waals surface area (Å²) in [4.78, 5) is 11.0. The molecule has 2 N–H and O–H groups in total. The molecule has 0 aromatic heterocycles. The summed E-state index contributed by atoms with van der Waals surface area (Å²) in [5.74, 6) is -0.725. The van der Waals surface area contributed by atoms with Gasteiger partial charge >= 0.3 is 5.97 Å². The first kappa shape index (κ1) is 13.5. The van der Waals surface area contributed by atoms with Crippen molar-refractivity contribution in [2.75, 3.05) is 13.1 Å². The van der Waals surface area contributed by atoms with Gasteiger partial charge in [0.05, 0.1) is 5.41 Å². The SMILES string of the molecule is CCC1(CNCC(C)(C)C(=O)O)CCCC1. The van der Waals surface area contributed by atoms with E-state index in [0.29, 0.717) is 12.0 Å². The number of carboxylic acid groups (broad SMARTS) is 1. The van der Waals surface area contributed by atoms with Crippen LogP contribution in [0.4, 0.5) is 0 Å². The van der Waals surface area contributed by atoms with Gasteiger partial charge < -0.3 is 10.4 Å². The molecule has 0 radical (unpaired) electrons. The van der Waals surface area contributed by atoms with E-state index in [1.54, 1.807) is 13.8 Å². The second kappa shape index (κ2) is 5.17. The van der Waals surface area contributed by atoms with Crippen LogP contribution >= 0.6 is 0 Å². The van der Waals surface area contributed by atoms with Gasteiger partial charge in [-0.2, -0.15) is 0 Å². The van der Waals surface area contributed by atoms with Crippen molar-refractivity contribution in [3.63, 3.8) is 0 Å². The molecule has 0 spiro atoms. The van der Waals surface area contributed by atoms with Gasteiger partial charge in [0.1, 0.15) is 0 Å². The predicted molar refractivity (Wildman–Crippen MR) is 65.5 cm³/mol. The smallest absolute Gasteiger partial charge is 0.310 e. The van der Waals surface area contributed by atoms with Crippen molar-refractivity contribution in [3.05, 3.63) is 0 Å². The molecule has 1 saturated carbocycles. The highest BCUT2D eigenvalue weighted by molar-refractivity contribution is 5.73. The number of rotatable bonds is 6. The zero-order valence-corrected chi connectivity index (χ0v) is 10.8. The van der Waals surface area contributed by atoms with Crippen LogP contribution < -0.4 is 5.32 Å². The summed E-state index contributed by atoms with van der Waals surface area (Å²) in [6, 6.07) is 0. The molecule has 0 amide bonds. The zero-order chi connectivity index (χ0) is 12.2. The van der Waals surface area contributed by atoms with Gasteiger partial charge in [0.15, 0.2) is 0 Å². The molecule has 3 heteroatoms. The highest BCUT2D eigenvalue weighted by atomic mass is 16.4. The van der Waals surface area contributed by atoms with Crippen molar-refractivity contribution in [2.45, 2.75) is 52.9 Å². The van der Waals surface area contributed by atoms with E-state index in [1.807, 2.05) is 0 Å². The Balaban J connectivity index is 2.37. The quantitative estimate of drug-likeness (QED) is 0.733. The van der Waals surface area contributed by atoms with Crippen LogP contribution in [-0.2, 0) is 4.79 Å². The molecule has 1 fully saturated rings. The van der Waals surface area contributed by atoms with Crippen molar-refractivity contribution in [2.24, 2.45) is 10.8 Å². The third-order valence-electron chi connectivity index (χ3n) is 4.06. The lowest BCUT2D eigenvalue weighted by Crippen LogP contribution is -2.40. The second-order valence-corrected chi connectivity index (χ2v) is 5.85. The third kappa shape index (κ3) is 3.21. The molecule has 94 valence electrons. The highest BCUT2D eigenvalue weighted by Gasteiger charge is 2.33. The molecule has 0 unspecified atom stereocenters. The van der Waals surface area contributed by atoms with Crippen LogP contribution in [0.25, 0.3) is 0 Å². The predicted octanol–water partition coefficient (Wildman–Crippen LogP) is 2.66. The summed E-state index contributed by atoms with van der Waals surface area (Å²) in [5.41, 5.74) is -0.220. The fourth-order valence-corrected chi connectivity index (χ4v) is 2.50.